The van der Waals surface area contributed by atoms with E-state index in [9.17, 15) is 0 Å². The highest BCUT2D eigenvalue weighted by Crippen LogP contribution is 2.55. The number of ether oxygens (including phenoxy) is 1. The van der Waals surface area contributed by atoms with Crippen molar-refractivity contribution in [1.82, 2.24) is 0 Å². The second-order valence-electron chi connectivity index (χ2n) is 17.6. The highest BCUT2D eigenvalue weighted by molar-refractivity contribution is 6.09. The number of hydrogen-bond donors (Lipinski definition) is 0. The summed E-state index contributed by atoms with van der Waals surface area (Å²) in [6.07, 6.45) is 8.78. The van der Waals surface area contributed by atoms with E-state index in [0.717, 1.165) is 22.8 Å². The molecule has 57 heavy (non-hydrogen) atoms. The van der Waals surface area contributed by atoms with Crippen molar-refractivity contribution in [2.24, 2.45) is 0 Å². The van der Waals surface area contributed by atoms with Gasteiger partial charge in [-0.1, -0.05) is 156 Å². The van der Waals surface area contributed by atoms with Crippen LogP contribution in [0.15, 0.2) is 170 Å². The standard InChI is InChI=1S/C55H45NO/c1-54(2,3)45-28-30-48(40-20-11-10-19-39(40)45)56(37-26-27-46-44(33-37)43-31-35-16-6-7-17-36(35)32-47(43)55(46,4)5)49-29-25-34-15-8-9-18-38(34)52(49)42-22-14-24-51-53(42)41-21-12-13-23-50(41)57-51/h6-33,41,50H,1-5H3. The van der Waals surface area contributed by atoms with Gasteiger partial charge in [0.25, 0.3) is 0 Å². The predicted molar refractivity (Wildman–Crippen MR) is 241 cm³/mol. The van der Waals surface area contributed by atoms with Crippen molar-refractivity contribution >= 4 is 49.4 Å². The summed E-state index contributed by atoms with van der Waals surface area (Å²) in [6, 6.07) is 54.7. The quantitative estimate of drug-likeness (QED) is 0.178. The third kappa shape index (κ3) is 5.09. The molecule has 276 valence electrons. The van der Waals surface area contributed by atoms with E-state index < -0.39 is 0 Å². The molecule has 2 nitrogen and oxygen atoms in total. The van der Waals surface area contributed by atoms with Gasteiger partial charge in [0, 0.05) is 33.5 Å². The van der Waals surface area contributed by atoms with Crippen molar-refractivity contribution in [3.8, 4) is 28.0 Å². The lowest BCUT2D eigenvalue weighted by molar-refractivity contribution is 0.269. The molecule has 0 amide bonds. The van der Waals surface area contributed by atoms with Gasteiger partial charge < -0.3 is 9.64 Å². The average Bonchev–Trinajstić information content (AvgIpc) is 3.71. The van der Waals surface area contributed by atoms with E-state index in [1.165, 1.54) is 76.8 Å². The Morgan fingerprint density at radius 3 is 2.04 bits per heavy atom. The summed E-state index contributed by atoms with van der Waals surface area (Å²) in [5, 5.41) is 7.51. The first-order valence-electron chi connectivity index (χ1n) is 20.3. The van der Waals surface area contributed by atoms with Gasteiger partial charge in [0.1, 0.15) is 11.9 Å². The SMILES string of the molecule is CC(C)(C)c1ccc(N(c2ccc3c(c2)-c2cc4ccccc4cc2C3(C)C)c2ccc3ccccc3c2-c2cccc3c2C2C=CC=CC2O3)c2ccccc12. The Bertz CT molecular complexity index is 3030. The fourth-order valence-electron chi connectivity index (χ4n) is 10.1. The molecular formula is C55H45NO. The molecular weight excluding hydrogens is 691 g/mol. The van der Waals surface area contributed by atoms with E-state index in [2.05, 4.69) is 209 Å². The van der Waals surface area contributed by atoms with E-state index in [1.54, 1.807) is 0 Å². The zero-order chi connectivity index (χ0) is 38.6. The molecule has 3 aliphatic rings. The maximum absolute atomic E-state index is 6.64. The average molecular weight is 736 g/mol. The maximum atomic E-state index is 6.64. The molecule has 0 fully saturated rings. The van der Waals surface area contributed by atoms with Crippen molar-refractivity contribution in [2.45, 2.75) is 57.5 Å². The molecule has 2 atom stereocenters. The minimum Gasteiger partial charge on any atom is -0.485 e. The van der Waals surface area contributed by atoms with Gasteiger partial charge in [-0.2, -0.15) is 0 Å². The highest BCUT2D eigenvalue weighted by Gasteiger charge is 2.38. The molecule has 0 saturated carbocycles. The first-order chi connectivity index (χ1) is 27.7. The van der Waals surface area contributed by atoms with Gasteiger partial charge in [-0.05, 0) is 114 Å². The van der Waals surface area contributed by atoms with Crippen LogP contribution in [0.5, 0.6) is 5.75 Å². The molecule has 0 N–H and O–H groups in total. The van der Waals surface area contributed by atoms with Crippen molar-refractivity contribution in [2.75, 3.05) is 4.90 Å². The molecule has 0 radical (unpaired) electrons. The van der Waals surface area contributed by atoms with E-state index >= 15 is 0 Å². The Labute approximate surface area is 335 Å². The summed E-state index contributed by atoms with van der Waals surface area (Å²) >= 11 is 0. The highest BCUT2D eigenvalue weighted by atomic mass is 16.5. The summed E-state index contributed by atoms with van der Waals surface area (Å²) in [7, 11) is 0. The molecule has 2 heteroatoms. The monoisotopic (exact) mass is 735 g/mol. The molecule has 2 unspecified atom stereocenters. The van der Waals surface area contributed by atoms with Crippen molar-refractivity contribution in [3.63, 3.8) is 0 Å². The van der Waals surface area contributed by atoms with Gasteiger partial charge >= 0.3 is 0 Å². The van der Waals surface area contributed by atoms with E-state index in [1.807, 2.05) is 0 Å². The number of anilines is 3. The molecule has 11 rings (SSSR count). The number of rotatable bonds is 4. The van der Waals surface area contributed by atoms with Gasteiger partial charge in [0.15, 0.2) is 0 Å². The second-order valence-corrected chi connectivity index (χ2v) is 17.6. The number of hydrogen-bond acceptors (Lipinski definition) is 2. The van der Waals surface area contributed by atoms with Crippen molar-refractivity contribution in [3.05, 3.63) is 192 Å². The Morgan fingerprint density at radius 1 is 0.544 bits per heavy atom. The minimum absolute atomic E-state index is 0.00854. The van der Waals surface area contributed by atoms with Crippen LogP contribution in [0.4, 0.5) is 17.1 Å². The zero-order valence-electron chi connectivity index (χ0n) is 33.2. The van der Waals surface area contributed by atoms with E-state index in [0.29, 0.717) is 0 Å². The third-order valence-corrected chi connectivity index (χ3v) is 12.9. The fourth-order valence-corrected chi connectivity index (χ4v) is 10.1. The molecule has 8 aromatic rings. The fraction of sp³-hybridized carbons (Fsp3) is 0.164. The first-order valence-corrected chi connectivity index (χ1v) is 20.3. The molecule has 8 aromatic carbocycles. The topological polar surface area (TPSA) is 12.5 Å². The predicted octanol–water partition coefficient (Wildman–Crippen LogP) is 14.9. The zero-order valence-corrected chi connectivity index (χ0v) is 33.2. The number of nitrogens with zero attached hydrogens (tertiary/aromatic N) is 1. The maximum Gasteiger partial charge on any atom is 0.128 e. The summed E-state index contributed by atoms with van der Waals surface area (Å²) in [6.45, 7) is 11.7. The summed E-state index contributed by atoms with van der Waals surface area (Å²) in [4.78, 5) is 2.55. The second kappa shape index (κ2) is 12.3. The Morgan fingerprint density at radius 2 is 1.23 bits per heavy atom. The molecule has 0 saturated heterocycles. The largest absolute Gasteiger partial charge is 0.485 e. The Kier molecular flexibility index (Phi) is 7.32. The van der Waals surface area contributed by atoms with Crippen LogP contribution in [-0.2, 0) is 10.8 Å². The van der Waals surface area contributed by atoms with Crippen LogP contribution in [0.2, 0.25) is 0 Å². The molecule has 0 bridgehead atoms. The van der Waals surface area contributed by atoms with Gasteiger partial charge in [-0.25, -0.2) is 0 Å². The van der Waals surface area contributed by atoms with Gasteiger partial charge in [-0.15, -0.1) is 0 Å². The van der Waals surface area contributed by atoms with Crippen molar-refractivity contribution < 1.29 is 4.74 Å². The number of allylic oxidation sites excluding steroid dienone is 2. The molecule has 1 aliphatic heterocycles. The molecule has 2 aliphatic carbocycles. The Balaban J connectivity index is 1.23. The van der Waals surface area contributed by atoms with Gasteiger partial charge in [0.2, 0.25) is 0 Å². The molecule has 0 spiro atoms. The van der Waals surface area contributed by atoms with Gasteiger partial charge in [-0.3, -0.25) is 0 Å². The van der Waals surface area contributed by atoms with E-state index in [-0.39, 0.29) is 22.9 Å². The van der Waals surface area contributed by atoms with Crippen LogP contribution in [0.1, 0.15) is 62.8 Å². The lowest BCUT2D eigenvalue weighted by Crippen LogP contribution is -2.17. The van der Waals surface area contributed by atoms with Crippen LogP contribution in [-0.4, -0.2) is 6.10 Å². The van der Waals surface area contributed by atoms with Crippen molar-refractivity contribution in [1.29, 1.82) is 0 Å². The lowest BCUT2D eigenvalue weighted by atomic mass is 9.81. The first kappa shape index (κ1) is 33.9. The molecule has 1 heterocycles. The number of benzene rings is 8. The molecule has 0 aromatic heterocycles. The van der Waals surface area contributed by atoms with Crippen LogP contribution in [0, 0.1) is 0 Å². The summed E-state index contributed by atoms with van der Waals surface area (Å²) in [5.41, 5.74) is 13.7. The summed E-state index contributed by atoms with van der Waals surface area (Å²) in [5.74, 6) is 1.11. The third-order valence-electron chi connectivity index (χ3n) is 12.9. The smallest absolute Gasteiger partial charge is 0.128 e. The van der Waals surface area contributed by atoms with Crippen LogP contribution >= 0.6 is 0 Å². The summed E-state index contributed by atoms with van der Waals surface area (Å²) < 4.78 is 6.64. The van der Waals surface area contributed by atoms with Crippen LogP contribution < -0.4 is 9.64 Å². The lowest BCUT2D eigenvalue weighted by Gasteiger charge is -2.32. The minimum atomic E-state index is -0.129. The normalized spacial score (nSPS) is 17.4. The van der Waals surface area contributed by atoms with E-state index in [4.69, 9.17) is 4.74 Å². The van der Waals surface area contributed by atoms with Crippen LogP contribution in [0.3, 0.4) is 0 Å². The van der Waals surface area contributed by atoms with Gasteiger partial charge in [0.05, 0.1) is 11.4 Å². The Hall–Kier alpha value is -6.38. The number of fused-ring (bicyclic) bond motifs is 9. The van der Waals surface area contributed by atoms with Crippen LogP contribution in [0.25, 0.3) is 54.6 Å².